The van der Waals surface area contributed by atoms with Crippen molar-refractivity contribution in [2.75, 3.05) is 0 Å². The predicted molar refractivity (Wildman–Crippen MR) is 68.3 cm³/mol. The molecule has 17 heavy (non-hydrogen) atoms. The Morgan fingerprint density at radius 1 is 1.35 bits per heavy atom. The molecule has 3 N–H and O–H groups in total. The van der Waals surface area contributed by atoms with Gasteiger partial charge in [0.05, 0.1) is 11.6 Å². The fraction of sp³-hybridized carbons (Fsp3) is 0.500. The summed E-state index contributed by atoms with van der Waals surface area (Å²) in [5.74, 6) is 0. The Morgan fingerprint density at radius 3 is 2.59 bits per heavy atom. The zero-order valence-electron chi connectivity index (χ0n) is 10.2. The number of rotatable bonds is 3. The summed E-state index contributed by atoms with van der Waals surface area (Å²) in [6.07, 6.45) is 3.36. The Labute approximate surface area is 103 Å². The van der Waals surface area contributed by atoms with E-state index in [9.17, 15) is 0 Å². The van der Waals surface area contributed by atoms with Crippen molar-refractivity contribution in [3.63, 3.8) is 0 Å². The van der Waals surface area contributed by atoms with Crippen LogP contribution in [0.15, 0.2) is 24.3 Å². The van der Waals surface area contributed by atoms with Gasteiger partial charge in [0.2, 0.25) is 0 Å². The number of nitriles is 1. The molecule has 0 spiro atoms. The summed E-state index contributed by atoms with van der Waals surface area (Å²) in [6.45, 7) is 2.16. The number of hydrogen-bond donors (Lipinski definition) is 2. The van der Waals surface area contributed by atoms with Crippen LogP contribution in [0.1, 0.15) is 43.4 Å². The Hall–Kier alpha value is -1.37. The van der Waals surface area contributed by atoms with Gasteiger partial charge in [-0.3, -0.25) is 0 Å². The molecule has 0 heterocycles. The summed E-state index contributed by atoms with van der Waals surface area (Å²) in [7, 11) is 0. The molecule has 1 saturated carbocycles. The molecule has 0 radical (unpaired) electrons. The number of benzene rings is 1. The van der Waals surface area contributed by atoms with Gasteiger partial charge in [-0.05, 0) is 43.9 Å². The Kier molecular flexibility index (Phi) is 3.78. The van der Waals surface area contributed by atoms with Crippen molar-refractivity contribution in [3.05, 3.63) is 35.4 Å². The van der Waals surface area contributed by atoms with Crippen LogP contribution in [0.5, 0.6) is 0 Å². The molecule has 2 rings (SSSR count). The molecular weight excluding hydrogens is 210 g/mol. The first-order valence-corrected chi connectivity index (χ1v) is 6.20. The van der Waals surface area contributed by atoms with Crippen LogP contribution in [-0.4, -0.2) is 12.1 Å². The van der Waals surface area contributed by atoms with Crippen molar-refractivity contribution in [1.82, 2.24) is 5.32 Å². The first-order chi connectivity index (χ1) is 8.19. The summed E-state index contributed by atoms with van der Waals surface area (Å²) in [6, 6.07) is 11.1. The van der Waals surface area contributed by atoms with E-state index < -0.39 is 0 Å². The van der Waals surface area contributed by atoms with Crippen LogP contribution < -0.4 is 11.1 Å². The number of nitrogens with zero attached hydrogens (tertiary/aromatic N) is 1. The monoisotopic (exact) mass is 229 g/mol. The molecule has 1 aromatic carbocycles. The number of hydrogen-bond acceptors (Lipinski definition) is 3. The highest BCUT2D eigenvalue weighted by molar-refractivity contribution is 5.32. The van der Waals surface area contributed by atoms with Gasteiger partial charge >= 0.3 is 0 Å². The van der Waals surface area contributed by atoms with Gasteiger partial charge in [-0.15, -0.1) is 0 Å². The van der Waals surface area contributed by atoms with Crippen molar-refractivity contribution in [1.29, 1.82) is 5.26 Å². The second-order valence-corrected chi connectivity index (χ2v) is 4.89. The van der Waals surface area contributed by atoms with E-state index >= 15 is 0 Å². The Bertz CT molecular complexity index is 404. The SMILES string of the molecule is CC(NC1CCC(N)C1)c1ccc(C#N)cc1. The molecule has 0 bridgehead atoms. The summed E-state index contributed by atoms with van der Waals surface area (Å²) >= 11 is 0. The molecular formula is C14H19N3. The van der Waals surface area contributed by atoms with Gasteiger partial charge in [0.25, 0.3) is 0 Å². The minimum atomic E-state index is 0.318. The first kappa shape index (κ1) is 12.1. The topological polar surface area (TPSA) is 61.8 Å². The van der Waals surface area contributed by atoms with E-state index in [0.29, 0.717) is 23.7 Å². The maximum Gasteiger partial charge on any atom is 0.0991 e. The molecule has 3 heteroatoms. The van der Waals surface area contributed by atoms with Gasteiger partial charge in [-0.25, -0.2) is 0 Å². The Morgan fingerprint density at radius 2 is 2.06 bits per heavy atom. The smallest absolute Gasteiger partial charge is 0.0991 e. The molecule has 1 aromatic rings. The fourth-order valence-corrected chi connectivity index (χ4v) is 2.46. The number of nitrogens with two attached hydrogens (primary N) is 1. The van der Waals surface area contributed by atoms with Gasteiger partial charge in [-0.2, -0.15) is 5.26 Å². The quantitative estimate of drug-likeness (QED) is 0.834. The lowest BCUT2D eigenvalue weighted by Gasteiger charge is -2.19. The summed E-state index contributed by atoms with van der Waals surface area (Å²) in [5.41, 5.74) is 7.84. The highest BCUT2D eigenvalue weighted by atomic mass is 15.0. The minimum absolute atomic E-state index is 0.318. The molecule has 1 aliphatic carbocycles. The van der Waals surface area contributed by atoms with E-state index in [0.717, 1.165) is 12.8 Å². The van der Waals surface area contributed by atoms with Crippen LogP contribution in [-0.2, 0) is 0 Å². The van der Waals surface area contributed by atoms with Gasteiger partial charge in [0.1, 0.15) is 0 Å². The van der Waals surface area contributed by atoms with Crippen LogP contribution in [0.3, 0.4) is 0 Å². The van der Waals surface area contributed by atoms with Gasteiger partial charge in [-0.1, -0.05) is 12.1 Å². The maximum atomic E-state index is 8.75. The van der Waals surface area contributed by atoms with Gasteiger partial charge in [0.15, 0.2) is 0 Å². The zero-order valence-corrected chi connectivity index (χ0v) is 10.2. The van der Waals surface area contributed by atoms with Crippen molar-refractivity contribution >= 4 is 0 Å². The van der Waals surface area contributed by atoms with Crippen LogP contribution >= 0.6 is 0 Å². The van der Waals surface area contributed by atoms with Crippen molar-refractivity contribution < 1.29 is 0 Å². The third kappa shape index (κ3) is 3.06. The lowest BCUT2D eigenvalue weighted by molar-refractivity contribution is 0.457. The highest BCUT2D eigenvalue weighted by Crippen LogP contribution is 2.21. The highest BCUT2D eigenvalue weighted by Gasteiger charge is 2.22. The average Bonchev–Trinajstić information content (AvgIpc) is 2.75. The molecule has 1 aliphatic rings. The van der Waals surface area contributed by atoms with E-state index in [1.807, 2.05) is 24.3 Å². The van der Waals surface area contributed by atoms with Crippen molar-refractivity contribution in [2.24, 2.45) is 5.73 Å². The standard InChI is InChI=1S/C14H19N3/c1-10(17-14-7-6-13(16)8-14)12-4-2-11(9-15)3-5-12/h2-5,10,13-14,17H,6-8,16H2,1H3. The van der Waals surface area contributed by atoms with E-state index in [4.69, 9.17) is 11.0 Å². The summed E-state index contributed by atoms with van der Waals surface area (Å²) < 4.78 is 0. The maximum absolute atomic E-state index is 8.75. The molecule has 1 fully saturated rings. The zero-order chi connectivity index (χ0) is 12.3. The van der Waals surface area contributed by atoms with Gasteiger partial charge in [0, 0.05) is 18.1 Å². The predicted octanol–water partition coefficient (Wildman–Crippen LogP) is 2.09. The third-order valence-electron chi connectivity index (χ3n) is 3.50. The fourth-order valence-electron chi connectivity index (χ4n) is 2.46. The summed E-state index contributed by atoms with van der Waals surface area (Å²) in [4.78, 5) is 0. The molecule has 0 saturated heterocycles. The van der Waals surface area contributed by atoms with Crippen LogP contribution in [0, 0.1) is 11.3 Å². The van der Waals surface area contributed by atoms with E-state index in [-0.39, 0.29) is 0 Å². The minimum Gasteiger partial charge on any atom is -0.328 e. The molecule has 3 atom stereocenters. The molecule has 3 unspecified atom stereocenters. The third-order valence-corrected chi connectivity index (χ3v) is 3.50. The number of nitrogens with one attached hydrogen (secondary N) is 1. The van der Waals surface area contributed by atoms with Crippen LogP contribution in [0.25, 0.3) is 0 Å². The average molecular weight is 229 g/mol. The molecule has 0 amide bonds. The van der Waals surface area contributed by atoms with Crippen LogP contribution in [0.4, 0.5) is 0 Å². The van der Waals surface area contributed by atoms with E-state index in [1.165, 1.54) is 12.0 Å². The largest absolute Gasteiger partial charge is 0.328 e. The van der Waals surface area contributed by atoms with Gasteiger partial charge < -0.3 is 11.1 Å². The molecule has 0 aromatic heterocycles. The molecule has 90 valence electrons. The Balaban J connectivity index is 1.95. The van der Waals surface area contributed by atoms with Crippen molar-refractivity contribution in [2.45, 2.75) is 44.3 Å². The normalized spacial score (nSPS) is 25.5. The second-order valence-electron chi connectivity index (χ2n) is 4.89. The summed E-state index contributed by atoms with van der Waals surface area (Å²) in [5, 5.41) is 12.3. The second kappa shape index (κ2) is 5.31. The van der Waals surface area contributed by atoms with E-state index in [2.05, 4.69) is 18.3 Å². The first-order valence-electron chi connectivity index (χ1n) is 6.20. The van der Waals surface area contributed by atoms with Crippen LogP contribution in [0.2, 0.25) is 0 Å². The van der Waals surface area contributed by atoms with E-state index in [1.54, 1.807) is 0 Å². The van der Waals surface area contributed by atoms with Crippen molar-refractivity contribution in [3.8, 4) is 6.07 Å². The molecule has 3 nitrogen and oxygen atoms in total. The molecule has 0 aliphatic heterocycles. The lowest BCUT2D eigenvalue weighted by atomic mass is 10.1. The lowest BCUT2D eigenvalue weighted by Crippen LogP contribution is -2.30.